The van der Waals surface area contributed by atoms with Gasteiger partial charge in [0.25, 0.3) is 0 Å². The molecule has 0 aliphatic carbocycles. The number of anilines is 1. The van der Waals surface area contributed by atoms with Gasteiger partial charge < -0.3 is 16.4 Å². The van der Waals surface area contributed by atoms with E-state index >= 15 is 0 Å². The number of aryl methyl sites for hydroxylation is 1. The topological polar surface area (TPSA) is 92.9 Å². The molecule has 6 nitrogen and oxygen atoms in total. The van der Waals surface area contributed by atoms with Crippen LogP contribution in [0.5, 0.6) is 0 Å². The Balaban J connectivity index is 2.67. The summed E-state index contributed by atoms with van der Waals surface area (Å²) in [6.07, 6.45) is 0. The van der Waals surface area contributed by atoms with Crippen LogP contribution in [0.2, 0.25) is 0 Å². The second kappa shape index (κ2) is 6.25. The van der Waals surface area contributed by atoms with Gasteiger partial charge in [-0.3, -0.25) is 4.79 Å². The molecule has 0 unspecified atom stereocenters. The highest BCUT2D eigenvalue weighted by atomic mass is 32.1. The van der Waals surface area contributed by atoms with Crippen LogP contribution in [0, 0.1) is 6.92 Å². The normalized spacial score (nSPS) is 10.2. The van der Waals surface area contributed by atoms with E-state index in [1.165, 1.54) is 0 Å². The van der Waals surface area contributed by atoms with E-state index in [4.69, 9.17) is 18.0 Å². The van der Waals surface area contributed by atoms with E-state index in [9.17, 15) is 4.79 Å². The van der Waals surface area contributed by atoms with Gasteiger partial charge in [0.1, 0.15) is 10.7 Å². The Morgan fingerprint density at radius 3 is 2.72 bits per heavy atom. The molecule has 0 aromatic carbocycles. The summed E-state index contributed by atoms with van der Waals surface area (Å²) in [6.45, 7) is 5.71. The highest BCUT2D eigenvalue weighted by molar-refractivity contribution is 7.80. The molecule has 98 valence electrons. The minimum atomic E-state index is -0.119. The maximum atomic E-state index is 11.5. The molecule has 0 aliphatic rings. The summed E-state index contributed by atoms with van der Waals surface area (Å²) in [7, 11) is 0. The quantitative estimate of drug-likeness (QED) is 0.667. The third-order valence-corrected chi connectivity index (χ3v) is 2.17. The van der Waals surface area contributed by atoms with Crippen LogP contribution in [-0.2, 0) is 4.79 Å². The van der Waals surface area contributed by atoms with Crippen molar-refractivity contribution < 1.29 is 4.79 Å². The molecule has 18 heavy (non-hydrogen) atoms. The van der Waals surface area contributed by atoms with Crippen molar-refractivity contribution in [3.05, 3.63) is 17.5 Å². The first-order chi connectivity index (χ1) is 8.38. The van der Waals surface area contributed by atoms with E-state index in [0.717, 1.165) is 5.69 Å². The summed E-state index contributed by atoms with van der Waals surface area (Å²) >= 11 is 4.85. The molecule has 0 aliphatic heterocycles. The van der Waals surface area contributed by atoms with Gasteiger partial charge in [0.15, 0.2) is 0 Å². The van der Waals surface area contributed by atoms with Crippen LogP contribution in [0.4, 0.5) is 5.95 Å². The molecular formula is C11H17N5OS. The van der Waals surface area contributed by atoms with Crippen LogP contribution < -0.4 is 16.4 Å². The molecule has 0 saturated carbocycles. The number of aromatic nitrogens is 2. The summed E-state index contributed by atoms with van der Waals surface area (Å²) in [5.41, 5.74) is 6.73. The van der Waals surface area contributed by atoms with Crippen molar-refractivity contribution in [3.8, 4) is 0 Å². The third-order valence-electron chi connectivity index (χ3n) is 1.96. The van der Waals surface area contributed by atoms with Gasteiger partial charge in [-0.2, -0.15) is 0 Å². The Labute approximate surface area is 111 Å². The highest BCUT2D eigenvalue weighted by Crippen LogP contribution is 2.04. The van der Waals surface area contributed by atoms with Gasteiger partial charge in [-0.25, -0.2) is 9.97 Å². The molecular weight excluding hydrogens is 250 g/mol. The van der Waals surface area contributed by atoms with Crippen molar-refractivity contribution in [2.24, 2.45) is 5.73 Å². The molecule has 0 radical (unpaired) electrons. The number of carbonyl (C=O) groups excluding carboxylic acids is 1. The third kappa shape index (κ3) is 4.62. The molecule has 1 rings (SSSR count). The number of thiocarbonyl (C=S) groups is 1. The van der Waals surface area contributed by atoms with Gasteiger partial charge in [-0.05, 0) is 26.8 Å². The van der Waals surface area contributed by atoms with Gasteiger partial charge in [0.2, 0.25) is 11.9 Å². The van der Waals surface area contributed by atoms with E-state index in [-0.39, 0.29) is 23.5 Å². The maximum absolute atomic E-state index is 11.5. The van der Waals surface area contributed by atoms with Crippen molar-refractivity contribution in [1.29, 1.82) is 0 Å². The first-order valence-corrected chi connectivity index (χ1v) is 5.98. The molecule has 1 heterocycles. The van der Waals surface area contributed by atoms with E-state index in [1.807, 2.05) is 20.8 Å². The number of hydrogen-bond donors (Lipinski definition) is 3. The summed E-state index contributed by atoms with van der Waals surface area (Å²) in [5.74, 6) is 0.226. The molecule has 0 spiro atoms. The fourth-order valence-electron chi connectivity index (χ4n) is 1.31. The zero-order valence-corrected chi connectivity index (χ0v) is 11.5. The highest BCUT2D eigenvalue weighted by Gasteiger charge is 2.07. The monoisotopic (exact) mass is 267 g/mol. The first kappa shape index (κ1) is 14.3. The van der Waals surface area contributed by atoms with Gasteiger partial charge >= 0.3 is 0 Å². The smallest absolute Gasteiger partial charge is 0.239 e. The number of nitrogens with two attached hydrogens (primary N) is 1. The molecule has 1 amide bonds. The molecule has 1 aromatic rings. The average molecular weight is 267 g/mol. The standard InChI is InChI=1S/C11H17N5OS/c1-6(2)14-9(17)5-13-11-15-7(3)4-8(16-11)10(12)18/h4,6H,5H2,1-3H3,(H2,12,18)(H,14,17)(H,13,15,16). The van der Waals surface area contributed by atoms with Crippen molar-refractivity contribution in [3.63, 3.8) is 0 Å². The van der Waals surface area contributed by atoms with E-state index in [1.54, 1.807) is 6.07 Å². The predicted octanol–water partition coefficient (Wildman–Crippen LogP) is 0.356. The zero-order valence-electron chi connectivity index (χ0n) is 10.7. The summed E-state index contributed by atoms with van der Waals surface area (Å²) in [6, 6.07) is 1.80. The van der Waals surface area contributed by atoms with Crippen LogP contribution >= 0.6 is 12.2 Å². The molecule has 7 heteroatoms. The largest absolute Gasteiger partial charge is 0.388 e. The van der Waals surface area contributed by atoms with Gasteiger partial charge in [-0.15, -0.1) is 0 Å². The lowest BCUT2D eigenvalue weighted by atomic mass is 10.3. The van der Waals surface area contributed by atoms with Crippen LogP contribution in [0.25, 0.3) is 0 Å². The van der Waals surface area contributed by atoms with Crippen LogP contribution in [-0.4, -0.2) is 33.5 Å². The van der Waals surface area contributed by atoms with E-state index < -0.39 is 0 Å². The van der Waals surface area contributed by atoms with Crippen molar-refractivity contribution in [2.75, 3.05) is 11.9 Å². The SMILES string of the molecule is Cc1cc(C(N)=S)nc(NCC(=O)NC(C)C)n1. The Morgan fingerprint density at radius 2 is 2.17 bits per heavy atom. The Kier molecular flexibility index (Phi) is 4.96. The molecule has 0 bridgehead atoms. The molecule has 1 aromatic heterocycles. The van der Waals surface area contributed by atoms with Crippen molar-refractivity contribution in [1.82, 2.24) is 15.3 Å². The van der Waals surface area contributed by atoms with Crippen LogP contribution in [0.3, 0.4) is 0 Å². The Bertz CT molecular complexity index is 461. The second-order valence-electron chi connectivity index (χ2n) is 4.16. The molecule has 0 atom stereocenters. The van der Waals surface area contributed by atoms with Crippen molar-refractivity contribution in [2.45, 2.75) is 26.8 Å². The summed E-state index contributed by atoms with van der Waals surface area (Å²) in [5, 5.41) is 5.59. The number of nitrogens with zero attached hydrogens (tertiary/aromatic N) is 2. The number of hydrogen-bond acceptors (Lipinski definition) is 5. The van der Waals surface area contributed by atoms with E-state index in [0.29, 0.717) is 11.6 Å². The minimum absolute atomic E-state index is 0.102. The molecule has 4 N–H and O–H groups in total. The van der Waals surface area contributed by atoms with Gasteiger partial charge in [-0.1, -0.05) is 12.2 Å². The number of nitrogens with one attached hydrogen (secondary N) is 2. The first-order valence-electron chi connectivity index (χ1n) is 5.57. The average Bonchev–Trinajstić information content (AvgIpc) is 2.24. The maximum Gasteiger partial charge on any atom is 0.239 e. The summed E-state index contributed by atoms with van der Waals surface area (Å²) < 4.78 is 0. The number of rotatable bonds is 5. The van der Waals surface area contributed by atoms with Crippen LogP contribution in [0.15, 0.2) is 6.07 Å². The van der Waals surface area contributed by atoms with Crippen molar-refractivity contribution >= 4 is 29.1 Å². The number of amides is 1. The minimum Gasteiger partial charge on any atom is -0.388 e. The fraction of sp³-hybridized carbons (Fsp3) is 0.455. The lowest BCUT2D eigenvalue weighted by Gasteiger charge is -2.10. The predicted molar refractivity (Wildman–Crippen MR) is 74.4 cm³/mol. The van der Waals surface area contributed by atoms with Crippen LogP contribution in [0.1, 0.15) is 25.2 Å². The van der Waals surface area contributed by atoms with Gasteiger partial charge in [0.05, 0.1) is 6.54 Å². The zero-order chi connectivity index (χ0) is 13.7. The Morgan fingerprint density at radius 1 is 1.50 bits per heavy atom. The number of carbonyl (C=O) groups is 1. The Hall–Kier alpha value is -1.76. The second-order valence-corrected chi connectivity index (χ2v) is 4.60. The molecule has 0 saturated heterocycles. The fourth-order valence-corrected chi connectivity index (χ4v) is 1.41. The summed E-state index contributed by atoms with van der Waals surface area (Å²) in [4.78, 5) is 19.9. The van der Waals surface area contributed by atoms with E-state index in [2.05, 4.69) is 20.6 Å². The van der Waals surface area contributed by atoms with Gasteiger partial charge in [0, 0.05) is 11.7 Å². The lowest BCUT2D eigenvalue weighted by molar-refractivity contribution is -0.119. The molecule has 0 fully saturated rings. The lowest BCUT2D eigenvalue weighted by Crippen LogP contribution is -2.35.